The highest BCUT2D eigenvalue weighted by Crippen LogP contribution is 2.26. The van der Waals surface area contributed by atoms with Crippen molar-refractivity contribution in [3.05, 3.63) is 69.7 Å². The molecule has 1 heterocycles. The summed E-state index contributed by atoms with van der Waals surface area (Å²) in [5.41, 5.74) is 1.66. The van der Waals surface area contributed by atoms with Gasteiger partial charge in [-0.1, -0.05) is 66.5 Å². The molecule has 0 spiro atoms. The molecule has 1 fully saturated rings. The van der Waals surface area contributed by atoms with E-state index in [1.54, 1.807) is 12.1 Å². The minimum Gasteiger partial charge on any atom is -0.355 e. The number of hydrogen-bond acceptors (Lipinski definition) is 3. The first kappa shape index (κ1) is 23.1. The number of hydrogen-bond donors (Lipinski definition) is 1. The molecule has 30 heavy (non-hydrogen) atoms. The minimum atomic E-state index is -3.59. The van der Waals surface area contributed by atoms with E-state index in [4.69, 9.17) is 23.2 Å². The zero-order valence-electron chi connectivity index (χ0n) is 16.9. The molecule has 0 saturated carbocycles. The molecule has 0 aromatic heterocycles. The summed E-state index contributed by atoms with van der Waals surface area (Å²) in [6, 6.07) is 14.8. The van der Waals surface area contributed by atoms with Crippen LogP contribution in [0.25, 0.3) is 0 Å². The Balaban J connectivity index is 1.59. The molecular formula is C22H26Cl2N2O3S. The van der Waals surface area contributed by atoms with Gasteiger partial charge in [-0.05, 0) is 42.0 Å². The molecule has 0 bridgehead atoms. The summed E-state index contributed by atoms with van der Waals surface area (Å²) in [6.07, 6.45) is 1.33. The standard InChI is InChI=1S/C22H26Cl2N2O3S/c1-16(17-6-3-2-4-7-17)13-25-22(27)18-8-5-11-26(14-18)30(28,29)15-19-9-10-20(23)12-21(19)24/h2-4,6-7,9-10,12,16,18H,5,8,11,13-15H2,1H3,(H,25,27)/t16-,18-/m0/s1. The number of halogens is 2. The van der Waals surface area contributed by atoms with Gasteiger partial charge in [0, 0.05) is 29.7 Å². The van der Waals surface area contributed by atoms with Crippen LogP contribution in [0, 0.1) is 5.92 Å². The summed E-state index contributed by atoms with van der Waals surface area (Å²) in [7, 11) is -3.59. The van der Waals surface area contributed by atoms with E-state index in [2.05, 4.69) is 12.2 Å². The Bertz CT molecular complexity index is 983. The minimum absolute atomic E-state index is 0.0952. The van der Waals surface area contributed by atoms with E-state index in [-0.39, 0.29) is 30.0 Å². The molecule has 8 heteroatoms. The van der Waals surface area contributed by atoms with Crippen LogP contribution in [0.5, 0.6) is 0 Å². The van der Waals surface area contributed by atoms with Crippen molar-refractivity contribution in [3.8, 4) is 0 Å². The number of nitrogens with zero attached hydrogens (tertiary/aromatic N) is 1. The Kier molecular flexibility index (Phi) is 7.80. The van der Waals surface area contributed by atoms with Crippen molar-refractivity contribution in [2.75, 3.05) is 19.6 Å². The van der Waals surface area contributed by atoms with Gasteiger partial charge in [-0.25, -0.2) is 12.7 Å². The summed E-state index contributed by atoms with van der Waals surface area (Å²) >= 11 is 12.0. The first-order chi connectivity index (χ1) is 14.3. The Morgan fingerprint density at radius 1 is 1.20 bits per heavy atom. The Labute approximate surface area is 188 Å². The number of nitrogens with one attached hydrogen (secondary N) is 1. The fourth-order valence-electron chi connectivity index (χ4n) is 3.63. The maximum absolute atomic E-state index is 12.9. The van der Waals surface area contributed by atoms with Crippen LogP contribution in [0.4, 0.5) is 0 Å². The second-order valence-corrected chi connectivity index (χ2v) is 10.6. The Hall–Kier alpha value is -1.60. The molecule has 5 nitrogen and oxygen atoms in total. The van der Waals surface area contributed by atoms with E-state index >= 15 is 0 Å². The van der Waals surface area contributed by atoms with E-state index in [9.17, 15) is 13.2 Å². The molecule has 3 rings (SSSR count). The highest BCUT2D eigenvalue weighted by molar-refractivity contribution is 7.88. The molecular weight excluding hydrogens is 443 g/mol. The molecule has 1 saturated heterocycles. The number of sulfonamides is 1. The fourth-order valence-corrected chi connectivity index (χ4v) is 5.83. The highest BCUT2D eigenvalue weighted by atomic mass is 35.5. The average Bonchev–Trinajstić information content (AvgIpc) is 2.74. The van der Waals surface area contributed by atoms with Crippen LogP contribution in [0.3, 0.4) is 0 Å². The molecule has 2 aromatic carbocycles. The normalized spacial score (nSPS) is 18.7. The van der Waals surface area contributed by atoms with Crippen molar-refractivity contribution in [3.63, 3.8) is 0 Å². The van der Waals surface area contributed by atoms with Gasteiger partial charge in [0.15, 0.2) is 0 Å². The molecule has 0 radical (unpaired) electrons. The summed E-state index contributed by atoms with van der Waals surface area (Å²) in [6.45, 7) is 3.19. The quantitative estimate of drug-likeness (QED) is 0.652. The smallest absolute Gasteiger partial charge is 0.224 e. The van der Waals surface area contributed by atoms with E-state index in [0.717, 1.165) is 5.56 Å². The number of amides is 1. The zero-order chi connectivity index (χ0) is 21.7. The predicted molar refractivity (Wildman–Crippen MR) is 121 cm³/mol. The Morgan fingerprint density at radius 2 is 1.93 bits per heavy atom. The monoisotopic (exact) mass is 468 g/mol. The van der Waals surface area contributed by atoms with Crippen molar-refractivity contribution < 1.29 is 13.2 Å². The van der Waals surface area contributed by atoms with E-state index in [1.807, 2.05) is 30.3 Å². The number of carbonyl (C=O) groups is 1. The maximum atomic E-state index is 12.9. The van der Waals surface area contributed by atoms with Crippen molar-refractivity contribution in [2.24, 2.45) is 5.92 Å². The van der Waals surface area contributed by atoms with Crippen molar-refractivity contribution in [1.29, 1.82) is 0 Å². The number of piperidine rings is 1. The number of rotatable bonds is 7. The molecule has 2 aromatic rings. The average molecular weight is 469 g/mol. The fraction of sp³-hybridized carbons (Fsp3) is 0.409. The molecule has 1 N–H and O–H groups in total. The molecule has 0 aliphatic carbocycles. The molecule has 2 atom stereocenters. The molecule has 0 unspecified atom stereocenters. The van der Waals surface area contributed by atoms with Crippen LogP contribution in [-0.2, 0) is 20.6 Å². The summed E-state index contributed by atoms with van der Waals surface area (Å²) in [4.78, 5) is 12.7. The second-order valence-electron chi connectivity index (χ2n) is 7.75. The van der Waals surface area contributed by atoms with Gasteiger partial charge in [0.1, 0.15) is 0 Å². The third-order valence-corrected chi connectivity index (χ3v) is 7.83. The van der Waals surface area contributed by atoms with Gasteiger partial charge in [0.25, 0.3) is 0 Å². The Morgan fingerprint density at radius 3 is 2.63 bits per heavy atom. The lowest BCUT2D eigenvalue weighted by atomic mass is 9.97. The van der Waals surface area contributed by atoms with Gasteiger partial charge in [-0.2, -0.15) is 0 Å². The van der Waals surface area contributed by atoms with Crippen LogP contribution < -0.4 is 5.32 Å². The maximum Gasteiger partial charge on any atom is 0.224 e. The SMILES string of the molecule is C[C@@H](CNC(=O)[C@H]1CCCN(S(=O)(=O)Cc2ccc(Cl)cc2Cl)C1)c1ccccc1. The third-order valence-electron chi connectivity index (χ3n) is 5.45. The van der Waals surface area contributed by atoms with Gasteiger partial charge in [0.05, 0.1) is 11.7 Å². The number of carbonyl (C=O) groups excluding carboxylic acids is 1. The van der Waals surface area contributed by atoms with E-state index in [0.29, 0.717) is 41.5 Å². The van der Waals surface area contributed by atoms with Gasteiger partial charge in [-0.15, -0.1) is 0 Å². The lowest BCUT2D eigenvalue weighted by molar-refractivity contribution is -0.126. The summed E-state index contributed by atoms with van der Waals surface area (Å²) in [5, 5.41) is 3.78. The lowest BCUT2D eigenvalue weighted by Gasteiger charge is -2.31. The van der Waals surface area contributed by atoms with Gasteiger partial charge in [-0.3, -0.25) is 4.79 Å². The summed E-state index contributed by atoms with van der Waals surface area (Å²) < 4.78 is 27.2. The lowest BCUT2D eigenvalue weighted by Crippen LogP contribution is -2.46. The topological polar surface area (TPSA) is 66.5 Å². The zero-order valence-corrected chi connectivity index (χ0v) is 19.2. The van der Waals surface area contributed by atoms with Crippen LogP contribution >= 0.6 is 23.2 Å². The van der Waals surface area contributed by atoms with Crippen molar-refractivity contribution in [1.82, 2.24) is 9.62 Å². The van der Waals surface area contributed by atoms with Gasteiger partial charge >= 0.3 is 0 Å². The molecule has 1 aliphatic heterocycles. The van der Waals surface area contributed by atoms with Crippen LogP contribution in [-0.4, -0.2) is 38.3 Å². The van der Waals surface area contributed by atoms with Gasteiger partial charge in [0.2, 0.25) is 15.9 Å². The third kappa shape index (κ3) is 5.97. The number of benzene rings is 2. The van der Waals surface area contributed by atoms with Gasteiger partial charge < -0.3 is 5.32 Å². The van der Waals surface area contributed by atoms with Crippen LogP contribution in [0.1, 0.15) is 36.8 Å². The van der Waals surface area contributed by atoms with E-state index < -0.39 is 10.0 Å². The molecule has 1 amide bonds. The predicted octanol–water partition coefficient (Wildman–Crippen LogP) is 4.46. The van der Waals surface area contributed by atoms with E-state index in [1.165, 1.54) is 10.4 Å². The first-order valence-electron chi connectivity index (χ1n) is 10.0. The van der Waals surface area contributed by atoms with Crippen LogP contribution in [0.2, 0.25) is 10.0 Å². The summed E-state index contributed by atoms with van der Waals surface area (Å²) in [5.74, 6) is -0.465. The van der Waals surface area contributed by atoms with Crippen molar-refractivity contribution >= 4 is 39.1 Å². The largest absolute Gasteiger partial charge is 0.355 e. The molecule has 1 aliphatic rings. The highest BCUT2D eigenvalue weighted by Gasteiger charge is 2.32. The van der Waals surface area contributed by atoms with Crippen molar-refractivity contribution in [2.45, 2.75) is 31.4 Å². The second kappa shape index (κ2) is 10.1. The first-order valence-corrected chi connectivity index (χ1v) is 12.4. The molecule has 162 valence electrons. The van der Waals surface area contributed by atoms with Crippen LogP contribution in [0.15, 0.2) is 48.5 Å².